The van der Waals surface area contributed by atoms with Crippen LogP contribution in [0.25, 0.3) is 0 Å². The van der Waals surface area contributed by atoms with Gasteiger partial charge in [0, 0.05) is 0 Å². The molecule has 12 heavy (non-hydrogen) atoms. The highest BCUT2D eigenvalue weighted by Crippen LogP contribution is 2.41. The zero-order valence-corrected chi connectivity index (χ0v) is 7.19. The third-order valence-electron chi connectivity index (χ3n) is 2.89. The number of tetrazole rings is 1. The van der Waals surface area contributed by atoms with Gasteiger partial charge in [-0.05, 0) is 36.1 Å². The lowest BCUT2D eigenvalue weighted by Crippen LogP contribution is -2.41. The van der Waals surface area contributed by atoms with E-state index in [1.165, 1.54) is 6.42 Å². The van der Waals surface area contributed by atoms with Gasteiger partial charge in [-0.3, -0.25) is 0 Å². The highest BCUT2D eigenvalue weighted by Gasteiger charge is 2.39. The van der Waals surface area contributed by atoms with Gasteiger partial charge in [0.25, 0.3) is 0 Å². The molecule has 1 heterocycles. The van der Waals surface area contributed by atoms with Crippen molar-refractivity contribution in [3.63, 3.8) is 0 Å². The molecule has 0 radical (unpaired) electrons. The number of rotatable bonds is 2. The highest BCUT2D eigenvalue weighted by molar-refractivity contribution is 5.15. The lowest BCUT2D eigenvalue weighted by atomic mass is 9.75. The number of anilines is 1. The van der Waals surface area contributed by atoms with Gasteiger partial charge in [0.2, 0.25) is 5.95 Å². The third kappa shape index (κ3) is 0.821. The summed E-state index contributed by atoms with van der Waals surface area (Å²) in [6, 6.07) is 0. The molecule has 0 aromatic carbocycles. The van der Waals surface area contributed by atoms with E-state index in [9.17, 15) is 0 Å². The van der Waals surface area contributed by atoms with E-state index in [-0.39, 0.29) is 5.54 Å². The second-order valence-electron chi connectivity index (χ2n) is 3.38. The van der Waals surface area contributed by atoms with Gasteiger partial charge in [0.1, 0.15) is 0 Å². The van der Waals surface area contributed by atoms with Crippen molar-refractivity contribution in [1.29, 1.82) is 0 Å². The molecule has 1 aromatic rings. The molecular formula is C7H13N5. The minimum atomic E-state index is 0.133. The molecule has 1 aromatic heterocycles. The summed E-state index contributed by atoms with van der Waals surface area (Å²) in [6.07, 6.45) is 4.62. The fraction of sp³-hybridized carbons (Fsp3) is 0.857. The number of hydrogen-bond acceptors (Lipinski definition) is 4. The van der Waals surface area contributed by atoms with Crippen molar-refractivity contribution in [3.8, 4) is 0 Å². The van der Waals surface area contributed by atoms with Crippen LogP contribution in [0.1, 0.15) is 32.6 Å². The first-order valence-electron chi connectivity index (χ1n) is 4.33. The van der Waals surface area contributed by atoms with Crippen LogP contribution in [-0.2, 0) is 5.54 Å². The van der Waals surface area contributed by atoms with Crippen LogP contribution in [0.3, 0.4) is 0 Å². The largest absolute Gasteiger partial charge is 0.367 e. The molecule has 0 saturated heterocycles. The maximum absolute atomic E-state index is 5.64. The van der Waals surface area contributed by atoms with E-state index in [0.717, 1.165) is 19.3 Å². The summed E-state index contributed by atoms with van der Waals surface area (Å²) in [4.78, 5) is 0. The summed E-state index contributed by atoms with van der Waals surface area (Å²) in [5.74, 6) is 0.441. The summed E-state index contributed by atoms with van der Waals surface area (Å²) < 4.78 is 1.77. The molecule has 5 heteroatoms. The van der Waals surface area contributed by atoms with Crippen molar-refractivity contribution in [2.75, 3.05) is 5.73 Å². The summed E-state index contributed by atoms with van der Waals surface area (Å²) in [5.41, 5.74) is 5.77. The van der Waals surface area contributed by atoms with E-state index in [0.29, 0.717) is 5.95 Å². The van der Waals surface area contributed by atoms with Crippen molar-refractivity contribution in [2.45, 2.75) is 38.1 Å². The zero-order chi connectivity index (χ0) is 8.60. The lowest BCUT2D eigenvalue weighted by Gasteiger charge is -2.40. The van der Waals surface area contributed by atoms with E-state index < -0.39 is 0 Å². The smallest absolute Gasteiger partial charge is 0.240 e. The van der Waals surface area contributed by atoms with Crippen molar-refractivity contribution in [2.24, 2.45) is 0 Å². The molecule has 1 aliphatic carbocycles. The Hall–Kier alpha value is -1.13. The topological polar surface area (TPSA) is 69.6 Å². The molecular weight excluding hydrogens is 154 g/mol. The molecule has 0 atom stereocenters. The zero-order valence-electron chi connectivity index (χ0n) is 7.19. The Morgan fingerprint density at radius 1 is 1.58 bits per heavy atom. The van der Waals surface area contributed by atoms with Crippen molar-refractivity contribution in [1.82, 2.24) is 20.2 Å². The molecule has 1 aliphatic rings. The lowest BCUT2D eigenvalue weighted by molar-refractivity contribution is 0.119. The SMILES string of the molecule is CCC1(n2nnnc2N)CCC1. The average molecular weight is 167 g/mol. The molecule has 0 amide bonds. The quantitative estimate of drug-likeness (QED) is 0.698. The Labute approximate surface area is 70.9 Å². The fourth-order valence-corrected chi connectivity index (χ4v) is 1.83. The van der Waals surface area contributed by atoms with Gasteiger partial charge in [-0.1, -0.05) is 12.0 Å². The van der Waals surface area contributed by atoms with Crippen molar-refractivity contribution < 1.29 is 0 Å². The highest BCUT2D eigenvalue weighted by atomic mass is 15.6. The molecule has 1 saturated carbocycles. The molecule has 0 bridgehead atoms. The monoisotopic (exact) mass is 167 g/mol. The van der Waals surface area contributed by atoms with Crippen LogP contribution in [0, 0.1) is 0 Å². The standard InChI is InChI=1S/C7H13N5/c1-2-7(4-3-5-7)12-6(8)9-10-11-12/h2-5H2,1H3,(H2,8,9,11). The molecule has 1 fully saturated rings. The maximum Gasteiger partial charge on any atom is 0.240 e. The predicted molar refractivity (Wildman–Crippen MR) is 44.3 cm³/mol. The van der Waals surface area contributed by atoms with Gasteiger partial charge in [-0.2, -0.15) is 0 Å². The van der Waals surface area contributed by atoms with E-state index in [2.05, 4.69) is 22.4 Å². The van der Waals surface area contributed by atoms with E-state index in [4.69, 9.17) is 5.73 Å². The van der Waals surface area contributed by atoms with Crippen LogP contribution >= 0.6 is 0 Å². The van der Waals surface area contributed by atoms with Gasteiger partial charge < -0.3 is 5.73 Å². The second-order valence-corrected chi connectivity index (χ2v) is 3.38. The van der Waals surface area contributed by atoms with E-state index in [1.807, 2.05) is 0 Å². The van der Waals surface area contributed by atoms with Crippen molar-refractivity contribution >= 4 is 5.95 Å². The van der Waals surface area contributed by atoms with Gasteiger partial charge in [-0.15, -0.1) is 0 Å². The van der Waals surface area contributed by atoms with E-state index >= 15 is 0 Å². The molecule has 66 valence electrons. The Bertz CT molecular complexity index is 270. The number of aromatic nitrogens is 4. The molecule has 5 nitrogen and oxygen atoms in total. The van der Waals surface area contributed by atoms with Crippen LogP contribution in [0.15, 0.2) is 0 Å². The third-order valence-corrected chi connectivity index (χ3v) is 2.89. The van der Waals surface area contributed by atoms with Crippen LogP contribution in [0.5, 0.6) is 0 Å². The second kappa shape index (κ2) is 2.43. The van der Waals surface area contributed by atoms with Crippen LogP contribution < -0.4 is 5.73 Å². The predicted octanol–water partition coefficient (Wildman–Crippen LogP) is 0.544. The Morgan fingerprint density at radius 3 is 2.67 bits per heavy atom. The fourth-order valence-electron chi connectivity index (χ4n) is 1.83. The number of nitrogens with zero attached hydrogens (tertiary/aromatic N) is 4. The summed E-state index contributed by atoms with van der Waals surface area (Å²) >= 11 is 0. The first-order valence-corrected chi connectivity index (χ1v) is 4.33. The Balaban J connectivity index is 2.33. The van der Waals surface area contributed by atoms with Gasteiger partial charge in [-0.25, -0.2) is 4.68 Å². The first-order chi connectivity index (χ1) is 5.78. The summed E-state index contributed by atoms with van der Waals surface area (Å²) in [7, 11) is 0. The summed E-state index contributed by atoms with van der Waals surface area (Å²) in [6.45, 7) is 2.15. The first kappa shape index (κ1) is 7.52. The Kier molecular flexibility index (Phi) is 1.52. The van der Waals surface area contributed by atoms with Gasteiger partial charge in [0.05, 0.1) is 5.54 Å². The minimum absolute atomic E-state index is 0.133. The van der Waals surface area contributed by atoms with Gasteiger partial charge in [0.15, 0.2) is 0 Å². The molecule has 2 N–H and O–H groups in total. The molecule has 0 spiro atoms. The van der Waals surface area contributed by atoms with Crippen LogP contribution in [-0.4, -0.2) is 20.2 Å². The Morgan fingerprint density at radius 2 is 2.33 bits per heavy atom. The van der Waals surface area contributed by atoms with Gasteiger partial charge >= 0.3 is 0 Å². The molecule has 0 aliphatic heterocycles. The maximum atomic E-state index is 5.64. The van der Waals surface area contributed by atoms with E-state index in [1.54, 1.807) is 4.68 Å². The number of nitrogen functional groups attached to an aromatic ring is 1. The van der Waals surface area contributed by atoms with Crippen LogP contribution in [0.4, 0.5) is 5.95 Å². The normalized spacial score (nSPS) is 20.4. The number of nitrogens with two attached hydrogens (primary N) is 1. The molecule has 2 rings (SSSR count). The summed E-state index contributed by atoms with van der Waals surface area (Å²) in [5, 5.41) is 11.2. The van der Waals surface area contributed by atoms with Crippen LogP contribution in [0.2, 0.25) is 0 Å². The number of hydrogen-bond donors (Lipinski definition) is 1. The average Bonchev–Trinajstić information content (AvgIpc) is 2.36. The molecule has 0 unspecified atom stereocenters. The van der Waals surface area contributed by atoms with Crippen molar-refractivity contribution in [3.05, 3.63) is 0 Å². The minimum Gasteiger partial charge on any atom is -0.367 e.